The van der Waals surface area contributed by atoms with Crippen LogP contribution in [0.4, 0.5) is 5.82 Å². The minimum atomic E-state index is 0.215. The molecule has 0 unspecified atom stereocenters. The van der Waals surface area contributed by atoms with E-state index in [-0.39, 0.29) is 11.0 Å². The van der Waals surface area contributed by atoms with Gasteiger partial charge in [-0.2, -0.15) is 0 Å². The van der Waals surface area contributed by atoms with Crippen LogP contribution in [0.15, 0.2) is 12.3 Å². The van der Waals surface area contributed by atoms with Gasteiger partial charge < -0.3 is 5.73 Å². The van der Waals surface area contributed by atoms with Crippen molar-refractivity contribution in [3.05, 3.63) is 23.1 Å². The van der Waals surface area contributed by atoms with E-state index >= 15 is 0 Å². The van der Waals surface area contributed by atoms with E-state index in [1.165, 1.54) is 6.20 Å². The van der Waals surface area contributed by atoms with Gasteiger partial charge in [0, 0.05) is 5.88 Å². The summed E-state index contributed by atoms with van der Waals surface area (Å²) < 4.78 is 0. The summed E-state index contributed by atoms with van der Waals surface area (Å²) >= 11 is 11.1. The first kappa shape index (κ1) is 9.29. The minimum Gasteiger partial charge on any atom is -0.381 e. The van der Waals surface area contributed by atoms with Gasteiger partial charge in [-0.15, -0.1) is 11.6 Å². The maximum absolute atomic E-state index is 5.63. The molecule has 0 amide bonds. The molecule has 5 heteroatoms. The number of nitrogens with two attached hydrogens (primary N) is 1. The molecule has 64 valence electrons. The molecule has 0 radical (unpaired) electrons. The average Bonchev–Trinajstić information content (AvgIpc) is 2.07. The second-order valence-electron chi connectivity index (χ2n) is 2.03. The lowest BCUT2D eigenvalue weighted by molar-refractivity contribution is 1.19. The van der Waals surface area contributed by atoms with Crippen molar-refractivity contribution in [2.75, 3.05) is 11.6 Å². The van der Waals surface area contributed by atoms with E-state index in [1.54, 1.807) is 12.2 Å². The Bertz CT molecular complexity index is 299. The van der Waals surface area contributed by atoms with Crippen molar-refractivity contribution >= 4 is 35.1 Å². The highest BCUT2D eigenvalue weighted by Crippen LogP contribution is 2.12. The Balaban J connectivity index is 2.89. The first-order valence-electron chi connectivity index (χ1n) is 3.24. The van der Waals surface area contributed by atoms with E-state index in [2.05, 4.69) is 9.97 Å². The Labute approximate surface area is 80.2 Å². The normalized spacial score (nSPS) is 10.8. The van der Waals surface area contributed by atoms with Crippen LogP contribution in [0.3, 0.4) is 0 Å². The molecule has 0 aliphatic rings. The second kappa shape index (κ2) is 4.28. The maximum atomic E-state index is 5.63. The number of aromatic nitrogens is 2. The molecule has 1 aromatic heterocycles. The summed E-state index contributed by atoms with van der Waals surface area (Å²) in [5.41, 5.74) is 6.01. The topological polar surface area (TPSA) is 51.8 Å². The fourth-order valence-electron chi connectivity index (χ4n) is 0.634. The van der Waals surface area contributed by atoms with E-state index in [0.717, 1.165) is 0 Å². The lowest BCUT2D eigenvalue weighted by Crippen LogP contribution is -1.94. The lowest BCUT2D eigenvalue weighted by atomic mass is 10.4. The minimum absolute atomic E-state index is 0.215. The molecule has 0 saturated heterocycles. The third-order valence-electron chi connectivity index (χ3n) is 1.15. The van der Waals surface area contributed by atoms with E-state index in [0.29, 0.717) is 11.6 Å². The molecule has 1 heterocycles. The standard InChI is InChI=1S/C7H7Cl2N3/c8-3-1-2-5-4-11-7(10)6(9)12-5/h1-2,4H,3H2,(H2,10,11). The van der Waals surface area contributed by atoms with Crippen molar-refractivity contribution in [2.24, 2.45) is 0 Å². The van der Waals surface area contributed by atoms with Gasteiger partial charge in [-0.05, 0) is 6.08 Å². The number of allylic oxidation sites excluding steroid dienone is 1. The molecule has 0 aliphatic heterocycles. The van der Waals surface area contributed by atoms with Gasteiger partial charge in [0.05, 0.1) is 11.9 Å². The summed E-state index contributed by atoms with van der Waals surface area (Å²) in [5, 5.41) is 0.215. The van der Waals surface area contributed by atoms with Gasteiger partial charge >= 0.3 is 0 Å². The van der Waals surface area contributed by atoms with Gasteiger partial charge in [0.25, 0.3) is 0 Å². The van der Waals surface area contributed by atoms with Crippen LogP contribution in [0.2, 0.25) is 5.15 Å². The van der Waals surface area contributed by atoms with Crippen LogP contribution in [0.25, 0.3) is 6.08 Å². The van der Waals surface area contributed by atoms with Crippen LogP contribution in [-0.2, 0) is 0 Å². The number of halogens is 2. The monoisotopic (exact) mass is 203 g/mol. The summed E-state index contributed by atoms with van der Waals surface area (Å²) in [6, 6.07) is 0. The molecule has 0 fully saturated rings. The van der Waals surface area contributed by atoms with Gasteiger partial charge in [-0.3, -0.25) is 0 Å². The van der Waals surface area contributed by atoms with Gasteiger partial charge in [-0.25, -0.2) is 9.97 Å². The average molecular weight is 204 g/mol. The summed E-state index contributed by atoms with van der Waals surface area (Å²) in [7, 11) is 0. The summed E-state index contributed by atoms with van der Waals surface area (Å²) in [6.07, 6.45) is 5.01. The Hall–Kier alpha value is -0.800. The Morgan fingerprint density at radius 2 is 2.33 bits per heavy atom. The summed E-state index contributed by atoms with van der Waals surface area (Å²) in [5.74, 6) is 0.670. The van der Waals surface area contributed by atoms with Crippen molar-refractivity contribution in [2.45, 2.75) is 0 Å². The van der Waals surface area contributed by atoms with Crippen LogP contribution >= 0.6 is 23.2 Å². The zero-order valence-electron chi connectivity index (χ0n) is 6.17. The van der Waals surface area contributed by atoms with E-state index in [9.17, 15) is 0 Å². The maximum Gasteiger partial charge on any atom is 0.171 e. The number of nitrogen functional groups attached to an aromatic ring is 1. The van der Waals surface area contributed by atoms with Gasteiger partial charge in [0.1, 0.15) is 0 Å². The number of alkyl halides is 1. The van der Waals surface area contributed by atoms with Crippen molar-refractivity contribution in [1.29, 1.82) is 0 Å². The molecule has 0 aliphatic carbocycles. The highest BCUT2D eigenvalue weighted by atomic mass is 35.5. The van der Waals surface area contributed by atoms with E-state index in [4.69, 9.17) is 28.9 Å². The molecular formula is C7H7Cl2N3. The molecule has 0 bridgehead atoms. The molecule has 0 atom stereocenters. The zero-order valence-corrected chi connectivity index (χ0v) is 7.68. The second-order valence-corrected chi connectivity index (χ2v) is 2.69. The number of nitrogens with zero attached hydrogens (tertiary/aromatic N) is 2. The highest BCUT2D eigenvalue weighted by molar-refractivity contribution is 6.31. The lowest BCUT2D eigenvalue weighted by Gasteiger charge is -1.96. The number of hydrogen-bond acceptors (Lipinski definition) is 3. The van der Waals surface area contributed by atoms with Gasteiger partial charge in [0.15, 0.2) is 11.0 Å². The van der Waals surface area contributed by atoms with Crippen molar-refractivity contribution in [1.82, 2.24) is 9.97 Å². The number of hydrogen-bond donors (Lipinski definition) is 1. The smallest absolute Gasteiger partial charge is 0.171 e. The van der Waals surface area contributed by atoms with E-state index < -0.39 is 0 Å². The Kier molecular flexibility index (Phi) is 3.31. The van der Waals surface area contributed by atoms with E-state index in [1.807, 2.05) is 0 Å². The number of anilines is 1. The molecule has 3 nitrogen and oxygen atoms in total. The fourth-order valence-corrected chi connectivity index (χ4v) is 0.869. The zero-order chi connectivity index (χ0) is 8.97. The quantitative estimate of drug-likeness (QED) is 0.749. The van der Waals surface area contributed by atoms with Crippen LogP contribution in [0.5, 0.6) is 0 Å². The molecule has 1 rings (SSSR count). The number of rotatable bonds is 2. The highest BCUT2D eigenvalue weighted by Gasteiger charge is 1.97. The molecular weight excluding hydrogens is 197 g/mol. The predicted octanol–water partition coefficient (Wildman–Crippen LogP) is 1.96. The third-order valence-corrected chi connectivity index (χ3v) is 1.61. The molecule has 1 aromatic rings. The molecule has 0 saturated carbocycles. The third kappa shape index (κ3) is 2.36. The first-order valence-corrected chi connectivity index (χ1v) is 4.16. The van der Waals surface area contributed by atoms with Gasteiger partial charge in [-0.1, -0.05) is 17.7 Å². The van der Waals surface area contributed by atoms with Gasteiger partial charge in [0.2, 0.25) is 0 Å². The summed E-state index contributed by atoms with van der Waals surface area (Å²) in [4.78, 5) is 7.76. The van der Waals surface area contributed by atoms with Crippen molar-refractivity contribution in [3.8, 4) is 0 Å². The first-order chi connectivity index (χ1) is 5.74. The van der Waals surface area contributed by atoms with Crippen molar-refractivity contribution < 1.29 is 0 Å². The Morgan fingerprint density at radius 3 is 2.92 bits per heavy atom. The summed E-state index contributed by atoms with van der Waals surface area (Å²) in [6.45, 7) is 0. The SMILES string of the molecule is Nc1ncc(C=CCCl)nc1Cl. The van der Waals surface area contributed by atoms with Crippen LogP contribution in [0.1, 0.15) is 5.69 Å². The predicted molar refractivity (Wildman–Crippen MR) is 51.2 cm³/mol. The molecule has 0 aromatic carbocycles. The van der Waals surface area contributed by atoms with Crippen LogP contribution in [0, 0.1) is 0 Å². The van der Waals surface area contributed by atoms with Crippen molar-refractivity contribution in [3.63, 3.8) is 0 Å². The fraction of sp³-hybridized carbons (Fsp3) is 0.143. The van der Waals surface area contributed by atoms with Crippen LogP contribution in [-0.4, -0.2) is 15.8 Å². The Morgan fingerprint density at radius 1 is 1.58 bits per heavy atom. The van der Waals surface area contributed by atoms with Crippen LogP contribution < -0.4 is 5.73 Å². The molecule has 0 spiro atoms. The molecule has 12 heavy (non-hydrogen) atoms. The molecule has 2 N–H and O–H groups in total. The largest absolute Gasteiger partial charge is 0.381 e.